The highest BCUT2D eigenvalue weighted by Crippen LogP contribution is 2.28. The van der Waals surface area contributed by atoms with E-state index in [1.807, 2.05) is 0 Å². The lowest BCUT2D eigenvalue weighted by Gasteiger charge is -2.09. The number of aromatic nitrogens is 2. The Morgan fingerprint density at radius 1 is 1.20 bits per heavy atom. The van der Waals surface area contributed by atoms with Crippen LogP contribution in [0.15, 0.2) is 52.1 Å². The third-order valence-electron chi connectivity index (χ3n) is 3.60. The molecule has 2 N–H and O–H groups in total. The molecule has 3 aromatic rings. The van der Waals surface area contributed by atoms with Crippen LogP contribution in [-0.4, -0.2) is 43.6 Å². The van der Waals surface area contributed by atoms with Crippen LogP contribution in [0, 0.1) is 0 Å². The molecule has 0 aliphatic carbocycles. The largest absolute Gasteiger partial charge is 0.495 e. The number of carbonyl (C=O) groups is 1. The van der Waals surface area contributed by atoms with E-state index in [4.69, 9.17) is 20.8 Å². The fourth-order valence-corrected chi connectivity index (χ4v) is 3.67. The standard InChI is InChI=1S/C18H17ClN4O5S2/c1-27-15-8-5-12(19)9-14(15)20-16(24)10-29-18-22-21-17(28-18)11-3-6-13(7-4-11)23-30(2,25)26/h3-9,23H,10H2,1-2H3,(H,20,24). The summed E-state index contributed by atoms with van der Waals surface area (Å²) in [7, 11) is -1.86. The molecule has 0 atom stereocenters. The van der Waals surface area contributed by atoms with Crippen molar-refractivity contribution in [3.8, 4) is 17.2 Å². The molecule has 1 heterocycles. The van der Waals surface area contributed by atoms with Gasteiger partial charge in [-0.3, -0.25) is 9.52 Å². The number of thioether (sulfide) groups is 1. The molecule has 0 radical (unpaired) electrons. The Hall–Kier alpha value is -2.76. The maximum atomic E-state index is 12.2. The number of methoxy groups -OCH3 is 1. The predicted octanol–water partition coefficient (Wildman–Crippen LogP) is 3.50. The number of hydrogen-bond acceptors (Lipinski definition) is 8. The van der Waals surface area contributed by atoms with Gasteiger partial charge in [0.25, 0.3) is 5.22 Å². The van der Waals surface area contributed by atoms with Gasteiger partial charge in [0.05, 0.1) is 24.8 Å². The smallest absolute Gasteiger partial charge is 0.277 e. The van der Waals surface area contributed by atoms with E-state index in [9.17, 15) is 13.2 Å². The van der Waals surface area contributed by atoms with E-state index in [1.54, 1.807) is 42.5 Å². The maximum Gasteiger partial charge on any atom is 0.277 e. The molecule has 12 heteroatoms. The number of nitrogens with zero attached hydrogens (tertiary/aromatic N) is 2. The summed E-state index contributed by atoms with van der Waals surface area (Å²) >= 11 is 7.03. The highest BCUT2D eigenvalue weighted by Gasteiger charge is 2.13. The Labute approximate surface area is 182 Å². The van der Waals surface area contributed by atoms with Gasteiger partial charge in [0, 0.05) is 16.3 Å². The Morgan fingerprint density at radius 3 is 2.60 bits per heavy atom. The van der Waals surface area contributed by atoms with Crippen LogP contribution < -0.4 is 14.8 Å². The van der Waals surface area contributed by atoms with Crippen LogP contribution in [0.2, 0.25) is 5.02 Å². The Bertz CT molecular complexity index is 1150. The lowest BCUT2D eigenvalue weighted by Crippen LogP contribution is -2.14. The second kappa shape index (κ2) is 9.37. The average Bonchev–Trinajstić information content (AvgIpc) is 3.15. The number of nitrogens with one attached hydrogen (secondary N) is 2. The molecular formula is C18H17ClN4O5S2. The van der Waals surface area contributed by atoms with Crippen molar-refractivity contribution >= 4 is 50.7 Å². The first-order valence-corrected chi connectivity index (χ1v) is 11.7. The van der Waals surface area contributed by atoms with Crippen molar-refractivity contribution < 1.29 is 22.4 Å². The first-order chi connectivity index (χ1) is 14.2. The predicted molar refractivity (Wildman–Crippen MR) is 116 cm³/mol. The van der Waals surface area contributed by atoms with Crippen molar-refractivity contribution in [1.29, 1.82) is 0 Å². The van der Waals surface area contributed by atoms with Gasteiger partial charge in [0.1, 0.15) is 5.75 Å². The van der Waals surface area contributed by atoms with Crippen molar-refractivity contribution in [3.63, 3.8) is 0 Å². The summed E-state index contributed by atoms with van der Waals surface area (Å²) in [5.74, 6) is 0.484. The van der Waals surface area contributed by atoms with Gasteiger partial charge in [-0.05, 0) is 42.5 Å². The number of amides is 1. The molecule has 1 amide bonds. The molecule has 0 saturated carbocycles. The molecule has 0 aliphatic rings. The quantitative estimate of drug-likeness (QED) is 0.481. The molecule has 0 spiro atoms. The minimum atomic E-state index is -3.35. The fraction of sp³-hybridized carbons (Fsp3) is 0.167. The summed E-state index contributed by atoms with van der Waals surface area (Å²) in [4.78, 5) is 12.2. The third kappa shape index (κ3) is 6.12. The first kappa shape index (κ1) is 21.9. The van der Waals surface area contributed by atoms with Crippen LogP contribution in [0.25, 0.3) is 11.5 Å². The summed E-state index contributed by atoms with van der Waals surface area (Å²) in [6.45, 7) is 0. The van der Waals surface area contributed by atoms with Crippen LogP contribution in [0.1, 0.15) is 0 Å². The SMILES string of the molecule is COc1ccc(Cl)cc1NC(=O)CSc1nnc(-c2ccc(NS(C)(=O)=O)cc2)o1. The zero-order chi connectivity index (χ0) is 21.7. The summed E-state index contributed by atoms with van der Waals surface area (Å²) in [6, 6.07) is 11.4. The van der Waals surface area contributed by atoms with Crippen LogP contribution in [0.5, 0.6) is 5.75 Å². The van der Waals surface area contributed by atoms with Gasteiger partial charge in [-0.1, -0.05) is 23.4 Å². The van der Waals surface area contributed by atoms with Crippen LogP contribution in [0.3, 0.4) is 0 Å². The van der Waals surface area contributed by atoms with Gasteiger partial charge >= 0.3 is 0 Å². The van der Waals surface area contributed by atoms with Gasteiger partial charge < -0.3 is 14.5 Å². The Morgan fingerprint density at radius 2 is 1.93 bits per heavy atom. The molecule has 3 rings (SSSR count). The van der Waals surface area contributed by atoms with Crippen LogP contribution >= 0.6 is 23.4 Å². The Balaban J connectivity index is 1.59. The molecule has 0 saturated heterocycles. The van der Waals surface area contributed by atoms with Crippen molar-refractivity contribution in [3.05, 3.63) is 47.5 Å². The number of rotatable bonds is 8. The minimum Gasteiger partial charge on any atom is -0.495 e. The molecule has 0 unspecified atom stereocenters. The highest BCUT2D eigenvalue weighted by molar-refractivity contribution is 7.99. The van der Waals surface area contributed by atoms with E-state index in [-0.39, 0.29) is 22.8 Å². The van der Waals surface area contributed by atoms with E-state index in [2.05, 4.69) is 20.2 Å². The van der Waals surface area contributed by atoms with E-state index in [1.165, 1.54) is 7.11 Å². The molecule has 158 valence electrons. The average molecular weight is 469 g/mol. The van der Waals surface area contributed by atoms with Crippen molar-refractivity contribution in [2.45, 2.75) is 5.22 Å². The summed E-state index contributed by atoms with van der Waals surface area (Å²) in [5.41, 5.74) is 1.50. The first-order valence-electron chi connectivity index (χ1n) is 8.41. The number of carbonyl (C=O) groups excluding carboxylic acids is 1. The number of hydrogen-bond donors (Lipinski definition) is 2. The van der Waals surface area contributed by atoms with Gasteiger partial charge in [-0.15, -0.1) is 10.2 Å². The maximum absolute atomic E-state index is 12.2. The van der Waals surface area contributed by atoms with E-state index in [0.717, 1.165) is 18.0 Å². The van der Waals surface area contributed by atoms with E-state index >= 15 is 0 Å². The number of halogens is 1. The monoisotopic (exact) mass is 468 g/mol. The van der Waals surface area contributed by atoms with Crippen molar-refractivity contribution in [1.82, 2.24) is 10.2 Å². The van der Waals surface area contributed by atoms with Crippen molar-refractivity contribution in [2.24, 2.45) is 0 Å². The van der Waals surface area contributed by atoms with Crippen LogP contribution in [0.4, 0.5) is 11.4 Å². The second-order valence-electron chi connectivity index (χ2n) is 6.01. The molecule has 0 aliphatic heterocycles. The fourth-order valence-electron chi connectivity index (χ4n) is 2.37. The lowest BCUT2D eigenvalue weighted by molar-refractivity contribution is -0.113. The molecule has 30 heavy (non-hydrogen) atoms. The zero-order valence-corrected chi connectivity index (χ0v) is 18.3. The minimum absolute atomic E-state index is 0.0362. The van der Waals surface area contributed by atoms with E-state index < -0.39 is 10.0 Å². The topological polar surface area (TPSA) is 123 Å². The summed E-state index contributed by atoms with van der Waals surface area (Å²) in [6.07, 6.45) is 1.07. The number of anilines is 2. The Kier molecular flexibility index (Phi) is 6.85. The molecule has 9 nitrogen and oxygen atoms in total. The summed E-state index contributed by atoms with van der Waals surface area (Å²) in [5, 5.41) is 11.3. The van der Waals surface area contributed by atoms with Gasteiger partial charge in [-0.25, -0.2) is 8.42 Å². The second-order valence-corrected chi connectivity index (χ2v) is 9.12. The highest BCUT2D eigenvalue weighted by atomic mass is 35.5. The summed E-state index contributed by atoms with van der Waals surface area (Å²) < 4.78 is 35.6. The van der Waals surface area contributed by atoms with Gasteiger partial charge in [0.2, 0.25) is 21.8 Å². The van der Waals surface area contributed by atoms with Gasteiger partial charge in [0.15, 0.2) is 0 Å². The molecule has 2 aromatic carbocycles. The molecular weight excluding hydrogens is 452 g/mol. The van der Waals surface area contributed by atoms with Gasteiger partial charge in [-0.2, -0.15) is 0 Å². The number of sulfonamides is 1. The van der Waals surface area contributed by atoms with E-state index in [0.29, 0.717) is 27.7 Å². The van der Waals surface area contributed by atoms with Crippen molar-refractivity contribution in [2.75, 3.05) is 29.2 Å². The number of ether oxygens (including phenoxy) is 1. The molecule has 0 bridgehead atoms. The molecule has 0 fully saturated rings. The van der Waals surface area contributed by atoms with Crippen LogP contribution in [-0.2, 0) is 14.8 Å². The molecule has 1 aromatic heterocycles. The number of benzene rings is 2. The normalized spacial score (nSPS) is 11.2. The lowest BCUT2D eigenvalue weighted by atomic mass is 10.2. The zero-order valence-electron chi connectivity index (χ0n) is 15.9. The third-order valence-corrected chi connectivity index (χ3v) is 5.26.